The van der Waals surface area contributed by atoms with Gasteiger partial charge in [-0.1, -0.05) is 72.8 Å². The van der Waals surface area contributed by atoms with Crippen LogP contribution in [0.15, 0.2) is 78.0 Å². The Kier molecular flexibility index (Phi) is 8.12. The monoisotopic (exact) mass is 460 g/mol. The van der Waals surface area contributed by atoms with E-state index in [0.717, 1.165) is 38.3 Å². The van der Waals surface area contributed by atoms with Crippen LogP contribution in [0.2, 0.25) is 0 Å². The molecule has 2 aliphatic heterocycles. The zero-order valence-electron chi connectivity index (χ0n) is 19.6. The molecule has 0 bridgehead atoms. The zero-order valence-corrected chi connectivity index (χ0v) is 19.6. The van der Waals surface area contributed by atoms with Crippen molar-refractivity contribution in [3.63, 3.8) is 0 Å². The number of nitrogens with one attached hydrogen (secondary N) is 2. The molecule has 2 aliphatic rings. The summed E-state index contributed by atoms with van der Waals surface area (Å²) >= 11 is 0. The highest BCUT2D eigenvalue weighted by atomic mass is 16.5. The van der Waals surface area contributed by atoms with Crippen molar-refractivity contribution < 1.29 is 14.3 Å². The molecule has 178 valence electrons. The summed E-state index contributed by atoms with van der Waals surface area (Å²) < 4.78 is 5.36. The van der Waals surface area contributed by atoms with Gasteiger partial charge in [0.15, 0.2) is 0 Å². The maximum Gasteiger partial charge on any atom is 0.338 e. The Labute approximate surface area is 201 Å². The smallest absolute Gasteiger partial charge is 0.338 e. The summed E-state index contributed by atoms with van der Waals surface area (Å²) in [5.41, 5.74) is 3.15. The van der Waals surface area contributed by atoms with Crippen molar-refractivity contribution in [3.8, 4) is 0 Å². The molecule has 0 spiro atoms. The lowest BCUT2D eigenvalue weighted by Gasteiger charge is -2.36. The van der Waals surface area contributed by atoms with Gasteiger partial charge < -0.3 is 15.4 Å². The van der Waals surface area contributed by atoms with Crippen LogP contribution in [0.25, 0.3) is 6.08 Å². The molecule has 0 aliphatic carbocycles. The number of urea groups is 1. The van der Waals surface area contributed by atoms with Crippen LogP contribution in [0.4, 0.5) is 4.79 Å². The van der Waals surface area contributed by atoms with Crippen LogP contribution in [0, 0.1) is 0 Å². The normalized spacial score (nSPS) is 19.7. The molecular formula is C27H32N4O3. The van der Waals surface area contributed by atoms with Gasteiger partial charge in [0.1, 0.15) is 0 Å². The van der Waals surface area contributed by atoms with E-state index in [1.807, 2.05) is 48.5 Å². The largest absolute Gasteiger partial charge is 0.463 e. The molecule has 0 aromatic heterocycles. The van der Waals surface area contributed by atoms with Crippen LogP contribution < -0.4 is 10.6 Å². The van der Waals surface area contributed by atoms with E-state index < -0.39 is 12.0 Å². The van der Waals surface area contributed by atoms with E-state index in [-0.39, 0.29) is 12.6 Å². The number of benzene rings is 2. The van der Waals surface area contributed by atoms with E-state index in [2.05, 4.69) is 44.7 Å². The second-order valence-electron chi connectivity index (χ2n) is 8.44. The third-order valence-corrected chi connectivity index (χ3v) is 6.10. The summed E-state index contributed by atoms with van der Waals surface area (Å²) in [6.07, 6.45) is 4.35. The summed E-state index contributed by atoms with van der Waals surface area (Å²) in [5.74, 6) is -0.400. The number of ether oxygens (including phenoxy) is 1. The summed E-state index contributed by atoms with van der Waals surface area (Å²) in [4.78, 5) is 30.1. The van der Waals surface area contributed by atoms with Gasteiger partial charge in [0.05, 0.1) is 18.2 Å². The molecule has 34 heavy (non-hydrogen) atoms. The molecule has 1 saturated heterocycles. The summed E-state index contributed by atoms with van der Waals surface area (Å²) in [7, 11) is 0. The van der Waals surface area contributed by atoms with Gasteiger partial charge >= 0.3 is 12.0 Å². The lowest BCUT2D eigenvalue weighted by molar-refractivity contribution is -0.139. The Hall–Kier alpha value is -3.42. The highest BCUT2D eigenvalue weighted by Crippen LogP contribution is 2.28. The number of piperazine rings is 1. The molecule has 1 fully saturated rings. The number of amides is 2. The van der Waals surface area contributed by atoms with Gasteiger partial charge in [-0.2, -0.15) is 0 Å². The van der Waals surface area contributed by atoms with Gasteiger partial charge in [0.25, 0.3) is 0 Å². The van der Waals surface area contributed by atoms with Crippen LogP contribution in [0.3, 0.4) is 0 Å². The van der Waals surface area contributed by atoms with Crippen molar-refractivity contribution in [1.82, 2.24) is 20.4 Å². The number of hydrogen-bond donors (Lipinski definition) is 2. The second kappa shape index (κ2) is 11.6. The molecule has 2 N–H and O–H groups in total. The first-order valence-corrected chi connectivity index (χ1v) is 11.8. The fourth-order valence-electron chi connectivity index (χ4n) is 4.34. The molecule has 1 atom stereocenters. The molecule has 1 unspecified atom stereocenters. The highest BCUT2D eigenvalue weighted by molar-refractivity contribution is 5.95. The van der Waals surface area contributed by atoms with E-state index in [1.165, 1.54) is 5.56 Å². The number of hydrogen-bond acceptors (Lipinski definition) is 5. The van der Waals surface area contributed by atoms with E-state index in [4.69, 9.17) is 4.74 Å². The number of carbonyl (C=O) groups excluding carboxylic acids is 2. The minimum Gasteiger partial charge on any atom is -0.463 e. The lowest BCUT2D eigenvalue weighted by Crippen LogP contribution is -2.51. The number of esters is 1. The van der Waals surface area contributed by atoms with Gasteiger partial charge in [-0.05, 0) is 18.1 Å². The fourth-order valence-corrected chi connectivity index (χ4v) is 4.34. The molecule has 2 aromatic rings. The fraction of sp³-hybridized carbons (Fsp3) is 0.333. The van der Waals surface area contributed by atoms with Crippen molar-refractivity contribution in [3.05, 3.63) is 89.1 Å². The number of rotatable bonds is 8. The maximum absolute atomic E-state index is 12.9. The van der Waals surface area contributed by atoms with Gasteiger partial charge in [0.2, 0.25) is 0 Å². The SMILES string of the molecule is CCOC(=O)C1=C(CN2CCN(CC=Cc3ccccc3)CC2)NC(=O)NC1c1ccccc1. The molecule has 0 radical (unpaired) electrons. The summed E-state index contributed by atoms with van der Waals surface area (Å²) in [5, 5.41) is 5.77. The Balaban J connectivity index is 1.42. The predicted molar refractivity (Wildman–Crippen MR) is 133 cm³/mol. The van der Waals surface area contributed by atoms with Gasteiger partial charge in [0, 0.05) is 45.0 Å². The molecular weight excluding hydrogens is 428 g/mol. The highest BCUT2D eigenvalue weighted by Gasteiger charge is 2.34. The molecule has 7 nitrogen and oxygen atoms in total. The standard InChI is InChI=1S/C27H32N4O3/c1-2-34-26(32)24-23(28-27(33)29-25(24)22-13-7-4-8-14-22)20-31-18-16-30(17-19-31)15-9-12-21-10-5-3-6-11-21/h3-14,25H,2,15-20H2,1H3,(H2,28,29,33). The lowest BCUT2D eigenvalue weighted by atomic mass is 9.95. The molecule has 2 heterocycles. The first kappa shape index (κ1) is 23.7. The van der Waals surface area contributed by atoms with Crippen molar-refractivity contribution in [2.45, 2.75) is 13.0 Å². The van der Waals surface area contributed by atoms with E-state index in [9.17, 15) is 9.59 Å². The number of carbonyl (C=O) groups is 2. The Morgan fingerprint density at radius 3 is 2.32 bits per heavy atom. The molecule has 7 heteroatoms. The van der Waals surface area contributed by atoms with E-state index >= 15 is 0 Å². The average Bonchev–Trinajstić information content (AvgIpc) is 2.86. The van der Waals surface area contributed by atoms with E-state index in [0.29, 0.717) is 17.8 Å². The van der Waals surface area contributed by atoms with Crippen LogP contribution in [0.1, 0.15) is 24.1 Å². The van der Waals surface area contributed by atoms with Gasteiger partial charge in [-0.25, -0.2) is 9.59 Å². The molecule has 2 amide bonds. The van der Waals surface area contributed by atoms with Crippen LogP contribution in [-0.2, 0) is 9.53 Å². The third kappa shape index (κ3) is 6.12. The van der Waals surface area contributed by atoms with Crippen molar-refractivity contribution in [2.75, 3.05) is 45.9 Å². The third-order valence-electron chi connectivity index (χ3n) is 6.10. The van der Waals surface area contributed by atoms with Gasteiger partial charge in [-0.15, -0.1) is 0 Å². The van der Waals surface area contributed by atoms with Crippen LogP contribution in [-0.4, -0.2) is 67.7 Å². The van der Waals surface area contributed by atoms with Crippen LogP contribution in [0.5, 0.6) is 0 Å². The van der Waals surface area contributed by atoms with Crippen molar-refractivity contribution in [1.29, 1.82) is 0 Å². The Bertz CT molecular complexity index is 1030. The molecule has 0 saturated carbocycles. The predicted octanol–water partition coefficient (Wildman–Crippen LogP) is 3.19. The first-order chi connectivity index (χ1) is 16.6. The van der Waals surface area contributed by atoms with Gasteiger partial charge in [-0.3, -0.25) is 9.80 Å². The minimum absolute atomic E-state index is 0.278. The average molecular weight is 461 g/mol. The van der Waals surface area contributed by atoms with Crippen LogP contribution >= 0.6 is 0 Å². The zero-order chi connectivity index (χ0) is 23.8. The van der Waals surface area contributed by atoms with E-state index in [1.54, 1.807) is 6.92 Å². The quantitative estimate of drug-likeness (QED) is 0.592. The maximum atomic E-state index is 12.9. The minimum atomic E-state index is -0.534. The molecule has 2 aromatic carbocycles. The molecule has 4 rings (SSSR count). The first-order valence-electron chi connectivity index (χ1n) is 11.8. The second-order valence-corrected chi connectivity index (χ2v) is 8.44. The Morgan fingerprint density at radius 2 is 1.65 bits per heavy atom. The van der Waals surface area contributed by atoms with Crippen molar-refractivity contribution >= 4 is 18.1 Å². The topological polar surface area (TPSA) is 73.9 Å². The number of nitrogens with zero attached hydrogens (tertiary/aromatic N) is 2. The summed E-state index contributed by atoms with van der Waals surface area (Å²) in [6.45, 7) is 7.03. The summed E-state index contributed by atoms with van der Waals surface area (Å²) in [6, 6.07) is 19.0. The Morgan fingerprint density at radius 1 is 1.00 bits per heavy atom. The van der Waals surface area contributed by atoms with Crippen molar-refractivity contribution in [2.24, 2.45) is 0 Å².